The van der Waals surface area contributed by atoms with E-state index in [0.29, 0.717) is 5.75 Å². The summed E-state index contributed by atoms with van der Waals surface area (Å²) in [5.74, 6) is -0.373. The lowest BCUT2D eigenvalue weighted by atomic mass is 10.1. The summed E-state index contributed by atoms with van der Waals surface area (Å²) in [5, 5.41) is 2.82. The fraction of sp³-hybridized carbons (Fsp3) is 0.364. The van der Waals surface area contributed by atoms with Gasteiger partial charge in [-0.05, 0) is 69.2 Å². The summed E-state index contributed by atoms with van der Waals surface area (Å²) in [5.41, 5.74) is 1.71. The lowest BCUT2D eigenvalue weighted by Crippen LogP contribution is -2.50. The lowest BCUT2D eigenvalue weighted by molar-refractivity contribution is -0.142. The highest BCUT2D eigenvalue weighted by Crippen LogP contribution is 2.22. The summed E-state index contributed by atoms with van der Waals surface area (Å²) in [6.45, 7) is 7.28. The number of rotatable bonds is 8. The zero-order valence-corrected chi connectivity index (χ0v) is 18.6. The van der Waals surface area contributed by atoms with E-state index in [2.05, 4.69) is 21.2 Å². The summed E-state index contributed by atoms with van der Waals surface area (Å²) in [7, 11) is 0. The topological polar surface area (TPSA) is 58.6 Å². The Labute approximate surface area is 179 Å². The van der Waals surface area contributed by atoms with Crippen molar-refractivity contribution in [1.82, 2.24) is 10.2 Å². The van der Waals surface area contributed by atoms with Crippen LogP contribution in [0.5, 0.6) is 5.75 Å². The van der Waals surface area contributed by atoms with Crippen LogP contribution in [0.15, 0.2) is 46.9 Å². The fourth-order valence-corrected chi connectivity index (χ4v) is 2.96. The molecule has 7 heteroatoms. The standard InChI is InChI=1S/C22H26BrFN2O3/c1-14(2)25-22(28)16(4)26(12-17-5-7-18(24)8-6-17)21(27)13-29-19-9-10-20(23)15(3)11-19/h5-11,14,16H,12-13H2,1-4H3,(H,25,28)/t16-/m0/s1. The van der Waals surface area contributed by atoms with E-state index < -0.39 is 6.04 Å². The van der Waals surface area contributed by atoms with E-state index in [1.165, 1.54) is 17.0 Å². The minimum Gasteiger partial charge on any atom is -0.484 e. The highest BCUT2D eigenvalue weighted by atomic mass is 79.9. The monoisotopic (exact) mass is 464 g/mol. The van der Waals surface area contributed by atoms with Crippen molar-refractivity contribution in [2.75, 3.05) is 6.61 Å². The molecule has 0 aliphatic carbocycles. The molecule has 2 aromatic carbocycles. The number of carbonyl (C=O) groups excluding carboxylic acids is 2. The highest BCUT2D eigenvalue weighted by Gasteiger charge is 2.27. The van der Waals surface area contributed by atoms with E-state index in [9.17, 15) is 14.0 Å². The molecular weight excluding hydrogens is 439 g/mol. The molecule has 156 valence electrons. The zero-order chi connectivity index (χ0) is 21.6. The van der Waals surface area contributed by atoms with E-state index in [-0.39, 0.29) is 36.8 Å². The molecule has 5 nitrogen and oxygen atoms in total. The molecule has 0 saturated carbocycles. The Morgan fingerprint density at radius 1 is 1.14 bits per heavy atom. The van der Waals surface area contributed by atoms with Gasteiger partial charge in [-0.3, -0.25) is 9.59 Å². The van der Waals surface area contributed by atoms with Gasteiger partial charge in [-0.15, -0.1) is 0 Å². The first-order chi connectivity index (χ1) is 13.7. The third-order valence-corrected chi connectivity index (χ3v) is 5.25. The third-order valence-electron chi connectivity index (χ3n) is 4.36. The van der Waals surface area contributed by atoms with Gasteiger partial charge in [0.1, 0.15) is 17.6 Å². The molecule has 2 amide bonds. The Morgan fingerprint density at radius 3 is 2.38 bits per heavy atom. The van der Waals surface area contributed by atoms with E-state index in [0.717, 1.165) is 15.6 Å². The van der Waals surface area contributed by atoms with Gasteiger partial charge in [0.2, 0.25) is 5.91 Å². The van der Waals surface area contributed by atoms with Gasteiger partial charge in [-0.2, -0.15) is 0 Å². The largest absolute Gasteiger partial charge is 0.484 e. The van der Waals surface area contributed by atoms with Crippen LogP contribution < -0.4 is 10.1 Å². The summed E-state index contributed by atoms with van der Waals surface area (Å²) >= 11 is 3.43. The van der Waals surface area contributed by atoms with Crippen LogP contribution in [0, 0.1) is 12.7 Å². The first-order valence-corrected chi connectivity index (χ1v) is 10.2. The van der Waals surface area contributed by atoms with E-state index in [1.54, 1.807) is 25.1 Å². The first-order valence-electron chi connectivity index (χ1n) is 9.40. The Kier molecular flexibility index (Phi) is 8.20. The number of aryl methyl sites for hydroxylation is 1. The van der Waals surface area contributed by atoms with Crippen LogP contribution in [-0.4, -0.2) is 35.4 Å². The lowest BCUT2D eigenvalue weighted by Gasteiger charge is -2.29. The van der Waals surface area contributed by atoms with Crippen LogP contribution in [0.3, 0.4) is 0 Å². The number of amides is 2. The van der Waals surface area contributed by atoms with E-state index in [1.807, 2.05) is 32.9 Å². The van der Waals surface area contributed by atoms with Gasteiger partial charge in [0.05, 0.1) is 0 Å². The van der Waals surface area contributed by atoms with Crippen LogP contribution in [0.4, 0.5) is 4.39 Å². The van der Waals surface area contributed by atoms with Gasteiger partial charge in [0, 0.05) is 17.1 Å². The number of ether oxygens (including phenoxy) is 1. The molecule has 2 aromatic rings. The average Bonchev–Trinajstić information content (AvgIpc) is 2.67. The molecule has 0 saturated heterocycles. The van der Waals surface area contributed by atoms with Crippen LogP contribution in [0.2, 0.25) is 0 Å². The zero-order valence-electron chi connectivity index (χ0n) is 17.0. The normalized spacial score (nSPS) is 11.8. The van der Waals surface area contributed by atoms with Crippen LogP contribution >= 0.6 is 15.9 Å². The highest BCUT2D eigenvalue weighted by molar-refractivity contribution is 9.10. The number of nitrogens with zero attached hydrogens (tertiary/aromatic N) is 1. The van der Waals surface area contributed by atoms with Gasteiger partial charge >= 0.3 is 0 Å². The van der Waals surface area contributed by atoms with Crippen molar-refractivity contribution in [2.24, 2.45) is 0 Å². The molecule has 2 rings (SSSR count). The maximum Gasteiger partial charge on any atom is 0.261 e. The van der Waals surface area contributed by atoms with Crippen molar-refractivity contribution in [3.63, 3.8) is 0 Å². The van der Waals surface area contributed by atoms with Gasteiger partial charge in [0.25, 0.3) is 5.91 Å². The second-order valence-corrected chi connectivity index (χ2v) is 8.04. The van der Waals surface area contributed by atoms with Crippen molar-refractivity contribution in [3.8, 4) is 5.75 Å². The number of carbonyl (C=O) groups is 2. The molecule has 0 aromatic heterocycles. The predicted octanol–water partition coefficient (Wildman–Crippen LogP) is 4.22. The Balaban J connectivity index is 2.15. The molecular formula is C22H26BrFN2O3. The Bertz CT molecular complexity index is 856. The molecule has 0 radical (unpaired) electrons. The average molecular weight is 465 g/mol. The van der Waals surface area contributed by atoms with Gasteiger partial charge in [0.15, 0.2) is 6.61 Å². The number of hydrogen-bond donors (Lipinski definition) is 1. The summed E-state index contributed by atoms with van der Waals surface area (Å²) in [6.07, 6.45) is 0. The van der Waals surface area contributed by atoms with E-state index in [4.69, 9.17) is 4.74 Å². The molecule has 0 fully saturated rings. The van der Waals surface area contributed by atoms with Gasteiger partial charge in [-0.1, -0.05) is 28.1 Å². The van der Waals surface area contributed by atoms with Gasteiger partial charge in [-0.25, -0.2) is 4.39 Å². The summed E-state index contributed by atoms with van der Waals surface area (Å²) in [4.78, 5) is 26.8. The number of halogens is 2. The van der Waals surface area contributed by atoms with Crippen molar-refractivity contribution >= 4 is 27.7 Å². The molecule has 0 bridgehead atoms. The quantitative estimate of drug-likeness (QED) is 0.636. The molecule has 29 heavy (non-hydrogen) atoms. The number of nitrogens with one attached hydrogen (secondary N) is 1. The molecule has 0 aliphatic rings. The van der Waals surface area contributed by atoms with Crippen LogP contribution in [-0.2, 0) is 16.1 Å². The maximum absolute atomic E-state index is 13.2. The first kappa shape index (κ1) is 22.9. The van der Waals surface area contributed by atoms with Gasteiger partial charge < -0.3 is 15.0 Å². The second kappa shape index (κ2) is 10.4. The predicted molar refractivity (Wildman–Crippen MR) is 114 cm³/mol. The Morgan fingerprint density at radius 2 is 1.79 bits per heavy atom. The molecule has 0 spiro atoms. The van der Waals surface area contributed by atoms with Crippen molar-refractivity contribution in [1.29, 1.82) is 0 Å². The third kappa shape index (κ3) is 6.85. The smallest absolute Gasteiger partial charge is 0.261 e. The maximum atomic E-state index is 13.2. The van der Waals surface area contributed by atoms with Crippen molar-refractivity contribution in [3.05, 3.63) is 63.9 Å². The van der Waals surface area contributed by atoms with Crippen molar-refractivity contribution < 1.29 is 18.7 Å². The number of hydrogen-bond acceptors (Lipinski definition) is 3. The molecule has 0 heterocycles. The molecule has 0 unspecified atom stereocenters. The fourth-order valence-electron chi connectivity index (χ4n) is 2.71. The van der Waals surface area contributed by atoms with Crippen LogP contribution in [0.1, 0.15) is 31.9 Å². The minimum atomic E-state index is -0.704. The Hall–Kier alpha value is -2.41. The van der Waals surface area contributed by atoms with E-state index >= 15 is 0 Å². The summed E-state index contributed by atoms with van der Waals surface area (Å²) in [6, 6.07) is 10.6. The molecule has 1 atom stereocenters. The molecule has 0 aliphatic heterocycles. The molecule has 1 N–H and O–H groups in total. The number of benzene rings is 2. The second-order valence-electron chi connectivity index (χ2n) is 7.19. The van der Waals surface area contributed by atoms with Crippen molar-refractivity contribution in [2.45, 2.75) is 46.3 Å². The SMILES string of the molecule is Cc1cc(OCC(=O)N(Cc2ccc(F)cc2)[C@@H](C)C(=O)NC(C)C)ccc1Br. The minimum absolute atomic E-state index is 0.0466. The summed E-state index contributed by atoms with van der Waals surface area (Å²) < 4.78 is 19.8. The van der Waals surface area contributed by atoms with Crippen LogP contribution in [0.25, 0.3) is 0 Å².